The predicted molar refractivity (Wildman–Crippen MR) is 69.2 cm³/mol. The van der Waals surface area contributed by atoms with Gasteiger partial charge in [-0.15, -0.1) is 0 Å². The number of hydrogen-bond donors (Lipinski definition) is 1. The Bertz CT molecular complexity index is 602. The third-order valence-corrected chi connectivity index (χ3v) is 2.97. The summed E-state index contributed by atoms with van der Waals surface area (Å²) in [5.41, 5.74) is 6.88. The first kappa shape index (κ1) is 13.3. The molecule has 1 aromatic heterocycles. The number of hydrogen-bond acceptors (Lipinski definition) is 3. The molecule has 0 bridgehead atoms. The fourth-order valence-electron chi connectivity index (χ4n) is 1.89. The number of benzene rings is 1. The average molecular weight is 267 g/mol. The van der Waals surface area contributed by atoms with E-state index in [2.05, 4.69) is 5.10 Å². The highest BCUT2D eigenvalue weighted by Gasteiger charge is 2.29. The first-order chi connectivity index (χ1) is 8.84. The molecule has 0 amide bonds. The van der Waals surface area contributed by atoms with E-state index in [0.29, 0.717) is 16.9 Å². The molecule has 4 nitrogen and oxygen atoms in total. The standard InChI is InChI=1S/C13H15F2N3O/c1-13(14,15)10-6-8(4-5-11(10)19-3)9-7-17-18(2)12(9)16/h4-7H,16H2,1-3H3. The van der Waals surface area contributed by atoms with E-state index in [9.17, 15) is 8.78 Å². The van der Waals surface area contributed by atoms with Crippen LogP contribution in [0, 0.1) is 0 Å². The van der Waals surface area contributed by atoms with Crippen LogP contribution in [0.2, 0.25) is 0 Å². The summed E-state index contributed by atoms with van der Waals surface area (Å²) < 4.78 is 33.6. The smallest absolute Gasteiger partial charge is 0.274 e. The minimum atomic E-state index is -2.99. The van der Waals surface area contributed by atoms with Crippen molar-refractivity contribution in [3.05, 3.63) is 30.0 Å². The summed E-state index contributed by atoms with van der Waals surface area (Å²) in [5, 5.41) is 4.00. The molecule has 0 unspecified atom stereocenters. The molecule has 19 heavy (non-hydrogen) atoms. The highest BCUT2D eigenvalue weighted by atomic mass is 19.3. The summed E-state index contributed by atoms with van der Waals surface area (Å²) >= 11 is 0. The van der Waals surface area contributed by atoms with E-state index >= 15 is 0 Å². The Hall–Kier alpha value is -2.11. The Balaban J connectivity index is 2.58. The number of aromatic nitrogens is 2. The number of nitrogens with zero attached hydrogens (tertiary/aromatic N) is 2. The van der Waals surface area contributed by atoms with Crippen molar-refractivity contribution in [1.29, 1.82) is 0 Å². The van der Waals surface area contributed by atoms with Gasteiger partial charge in [-0.25, -0.2) is 8.78 Å². The van der Waals surface area contributed by atoms with Crippen LogP contribution in [0.1, 0.15) is 12.5 Å². The number of nitrogen functional groups attached to an aromatic ring is 1. The van der Waals surface area contributed by atoms with E-state index in [4.69, 9.17) is 10.5 Å². The molecular formula is C13H15F2N3O. The molecule has 0 saturated carbocycles. The molecule has 102 valence electrons. The van der Waals surface area contributed by atoms with Crippen molar-refractivity contribution in [3.63, 3.8) is 0 Å². The van der Waals surface area contributed by atoms with Gasteiger partial charge in [0, 0.05) is 19.5 Å². The van der Waals surface area contributed by atoms with Crippen LogP contribution in [0.4, 0.5) is 14.6 Å². The van der Waals surface area contributed by atoms with E-state index < -0.39 is 5.92 Å². The number of rotatable bonds is 3. The first-order valence-corrected chi connectivity index (χ1v) is 5.68. The molecule has 0 saturated heterocycles. The molecule has 1 heterocycles. The van der Waals surface area contributed by atoms with Crippen LogP contribution in [0.3, 0.4) is 0 Å². The maximum atomic E-state index is 13.6. The Labute approximate surface area is 109 Å². The largest absolute Gasteiger partial charge is 0.496 e. The summed E-state index contributed by atoms with van der Waals surface area (Å²) in [6, 6.07) is 4.57. The molecule has 0 spiro atoms. The lowest BCUT2D eigenvalue weighted by molar-refractivity contribution is 0.0151. The normalized spacial score (nSPS) is 11.6. The van der Waals surface area contributed by atoms with E-state index in [1.807, 2.05) is 0 Å². The molecule has 6 heteroatoms. The van der Waals surface area contributed by atoms with E-state index in [0.717, 1.165) is 6.92 Å². The van der Waals surface area contributed by atoms with Crippen molar-refractivity contribution in [2.75, 3.05) is 12.8 Å². The van der Waals surface area contributed by atoms with Gasteiger partial charge in [0.1, 0.15) is 11.6 Å². The van der Waals surface area contributed by atoms with Crippen molar-refractivity contribution < 1.29 is 13.5 Å². The third-order valence-electron chi connectivity index (χ3n) is 2.97. The molecule has 0 atom stereocenters. The molecule has 2 N–H and O–H groups in total. The SMILES string of the molecule is COc1ccc(-c2cnn(C)c2N)cc1C(C)(F)F. The Morgan fingerprint density at radius 3 is 2.53 bits per heavy atom. The summed E-state index contributed by atoms with van der Waals surface area (Å²) in [5.74, 6) is -2.41. The number of halogens is 2. The van der Waals surface area contributed by atoms with Gasteiger partial charge in [-0.05, 0) is 17.7 Å². The number of anilines is 1. The Morgan fingerprint density at radius 1 is 1.37 bits per heavy atom. The van der Waals surface area contributed by atoms with Gasteiger partial charge in [0.05, 0.1) is 18.9 Å². The maximum absolute atomic E-state index is 13.6. The van der Waals surface area contributed by atoms with Gasteiger partial charge in [-0.2, -0.15) is 5.10 Å². The first-order valence-electron chi connectivity index (χ1n) is 5.68. The fraction of sp³-hybridized carbons (Fsp3) is 0.308. The van der Waals surface area contributed by atoms with Gasteiger partial charge >= 0.3 is 0 Å². The zero-order chi connectivity index (χ0) is 14.2. The highest BCUT2D eigenvalue weighted by Crippen LogP contribution is 2.38. The molecule has 0 aliphatic carbocycles. The number of methoxy groups -OCH3 is 1. The minimum Gasteiger partial charge on any atom is -0.496 e. The summed E-state index contributed by atoms with van der Waals surface area (Å²) in [4.78, 5) is 0. The molecule has 0 aliphatic heterocycles. The zero-order valence-corrected chi connectivity index (χ0v) is 10.9. The molecule has 0 radical (unpaired) electrons. The van der Waals surface area contributed by atoms with Crippen LogP contribution in [0.5, 0.6) is 5.75 Å². The van der Waals surface area contributed by atoms with Crippen molar-refractivity contribution in [3.8, 4) is 16.9 Å². The molecule has 2 aromatic rings. The van der Waals surface area contributed by atoms with Gasteiger partial charge in [0.2, 0.25) is 0 Å². The minimum absolute atomic E-state index is 0.152. The molecule has 0 fully saturated rings. The van der Waals surface area contributed by atoms with Crippen molar-refractivity contribution in [2.24, 2.45) is 7.05 Å². The van der Waals surface area contributed by atoms with Crippen LogP contribution in [-0.2, 0) is 13.0 Å². The maximum Gasteiger partial charge on any atom is 0.274 e. The lowest BCUT2D eigenvalue weighted by Crippen LogP contribution is -2.09. The molecule has 0 aliphatic rings. The number of nitrogens with two attached hydrogens (primary N) is 1. The lowest BCUT2D eigenvalue weighted by Gasteiger charge is -2.16. The topological polar surface area (TPSA) is 53.1 Å². The van der Waals surface area contributed by atoms with Crippen molar-refractivity contribution in [1.82, 2.24) is 9.78 Å². The third kappa shape index (κ3) is 2.38. The van der Waals surface area contributed by atoms with Gasteiger partial charge in [0.25, 0.3) is 5.92 Å². The van der Waals surface area contributed by atoms with Gasteiger partial charge in [0.15, 0.2) is 0 Å². The zero-order valence-electron chi connectivity index (χ0n) is 10.9. The van der Waals surface area contributed by atoms with E-state index in [1.54, 1.807) is 19.3 Å². The van der Waals surface area contributed by atoms with Crippen LogP contribution in [0.25, 0.3) is 11.1 Å². The Morgan fingerprint density at radius 2 is 2.05 bits per heavy atom. The van der Waals surface area contributed by atoms with Gasteiger partial charge in [-0.3, -0.25) is 4.68 Å². The van der Waals surface area contributed by atoms with E-state index in [-0.39, 0.29) is 11.3 Å². The number of aryl methyl sites for hydroxylation is 1. The van der Waals surface area contributed by atoms with Gasteiger partial charge < -0.3 is 10.5 Å². The fourth-order valence-corrected chi connectivity index (χ4v) is 1.89. The predicted octanol–water partition coefficient (Wildman–Crippen LogP) is 2.79. The van der Waals surface area contributed by atoms with Gasteiger partial charge in [-0.1, -0.05) is 6.07 Å². The van der Waals surface area contributed by atoms with Crippen molar-refractivity contribution in [2.45, 2.75) is 12.8 Å². The van der Waals surface area contributed by atoms with E-state index in [1.165, 1.54) is 23.9 Å². The highest BCUT2D eigenvalue weighted by molar-refractivity contribution is 5.74. The Kier molecular flexibility index (Phi) is 3.18. The molecule has 1 aromatic carbocycles. The second kappa shape index (κ2) is 4.53. The quantitative estimate of drug-likeness (QED) is 0.930. The van der Waals surface area contributed by atoms with Crippen LogP contribution in [0.15, 0.2) is 24.4 Å². The number of alkyl halides is 2. The lowest BCUT2D eigenvalue weighted by atomic mass is 10.0. The summed E-state index contributed by atoms with van der Waals surface area (Å²) in [6.45, 7) is 0.835. The number of ether oxygens (including phenoxy) is 1. The second-order valence-electron chi connectivity index (χ2n) is 4.37. The second-order valence-corrected chi connectivity index (χ2v) is 4.37. The molecular weight excluding hydrogens is 252 g/mol. The molecule has 2 rings (SSSR count). The van der Waals surface area contributed by atoms with Crippen LogP contribution in [-0.4, -0.2) is 16.9 Å². The monoisotopic (exact) mass is 267 g/mol. The summed E-state index contributed by atoms with van der Waals surface area (Å²) in [7, 11) is 3.06. The van der Waals surface area contributed by atoms with Crippen LogP contribution >= 0.6 is 0 Å². The average Bonchev–Trinajstić information content (AvgIpc) is 2.68. The van der Waals surface area contributed by atoms with Crippen molar-refractivity contribution >= 4 is 5.82 Å². The van der Waals surface area contributed by atoms with Crippen LogP contribution < -0.4 is 10.5 Å². The summed E-state index contributed by atoms with van der Waals surface area (Å²) in [6.07, 6.45) is 1.55.